The van der Waals surface area contributed by atoms with Crippen molar-refractivity contribution in [1.82, 2.24) is 9.97 Å². The van der Waals surface area contributed by atoms with Gasteiger partial charge in [-0.05, 0) is 42.0 Å². The van der Waals surface area contributed by atoms with Crippen LogP contribution in [0.4, 0.5) is 11.5 Å². The largest absolute Gasteiger partial charge is 0.404 e. The van der Waals surface area contributed by atoms with Crippen LogP contribution in [-0.2, 0) is 4.74 Å². The summed E-state index contributed by atoms with van der Waals surface area (Å²) >= 11 is 0. The van der Waals surface area contributed by atoms with E-state index in [9.17, 15) is 0 Å². The molecule has 2 aromatic rings. The minimum Gasteiger partial charge on any atom is -0.404 e. The molecule has 1 aliphatic rings. The fourth-order valence-corrected chi connectivity index (χ4v) is 2.83. The van der Waals surface area contributed by atoms with Gasteiger partial charge in [0.2, 0.25) is 0 Å². The minimum absolute atomic E-state index is 0.296. The van der Waals surface area contributed by atoms with Crippen LogP contribution in [0.1, 0.15) is 13.8 Å². The van der Waals surface area contributed by atoms with Gasteiger partial charge in [-0.1, -0.05) is 13.8 Å². The normalized spacial score (nSPS) is 16.3. The maximum Gasteiger partial charge on any atom is 0.132 e. The monoisotopic (exact) mass is 354 g/mol. The van der Waals surface area contributed by atoms with Gasteiger partial charge in [0.1, 0.15) is 11.6 Å². The molecule has 26 heavy (non-hydrogen) atoms. The summed E-state index contributed by atoms with van der Waals surface area (Å²) in [5.41, 5.74) is 15.4. The number of ether oxygens (including phenoxy) is 1. The van der Waals surface area contributed by atoms with Crippen molar-refractivity contribution >= 4 is 22.5 Å². The second-order valence-corrected chi connectivity index (χ2v) is 6.57. The number of hydrogen-bond donors (Lipinski definition) is 3. The van der Waals surface area contributed by atoms with Crippen molar-refractivity contribution in [3.05, 3.63) is 48.1 Å². The molecule has 0 spiro atoms. The molecule has 1 fully saturated rings. The Labute approximate surface area is 153 Å². The summed E-state index contributed by atoms with van der Waals surface area (Å²) < 4.78 is 5.41. The van der Waals surface area contributed by atoms with E-state index in [-0.39, 0.29) is 0 Å². The first kappa shape index (κ1) is 18.0. The predicted molar refractivity (Wildman–Crippen MR) is 106 cm³/mol. The fraction of sp³-hybridized carbons (Fsp3) is 0.368. The molecular weight excluding hydrogens is 328 g/mol. The van der Waals surface area contributed by atoms with Crippen molar-refractivity contribution in [3.63, 3.8) is 0 Å². The number of nitrogens with zero attached hydrogens (tertiary/aromatic N) is 3. The summed E-state index contributed by atoms with van der Waals surface area (Å²) in [4.78, 5) is 11.4. The van der Waals surface area contributed by atoms with E-state index in [1.165, 1.54) is 0 Å². The Morgan fingerprint density at radius 1 is 1.27 bits per heavy atom. The molecule has 2 aromatic heterocycles. The molecule has 3 rings (SSSR count). The van der Waals surface area contributed by atoms with Gasteiger partial charge in [0, 0.05) is 13.1 Å². The highest BCUT2D eigenvalue weighted by molar-refractivity contribution is 5.79. The van der Waals surface area contributed by atoms with Crippen molar-refractivity contribution in [2.45, 2.75) is 13.8 Å². The Kier molecular flexibility index (Phi) is 5.58. The quantitative estimate of drug-likeness (QED) is 0.707. The molecule has 1 aliphatic heterocycles. The summed E-state index contributed by atoms with van der Waals surface area (Å²) in [5.74, 6) is 1.47. The van der Waals surface area contributed by atoms with Crippen molar-refractivity contribution in [3.8, 4) is 0 Å². The first-order chi connectivity index (χ1) is 12.6. The number of anilines is 2. The Bertz CT molecular complexity index is 824. The van der Waals surface area contributed by atoms with Gasteiger partial charge in [-0.15, -0.1) is 0 Å². The number of hydrogen-bond acceptors (Lipinski definition) is 7. The number of fused-ring (bicyclic) bond motifs is 1. The Hall–Kier alpha value is -2.80. The molecule has 0 atom stereocenters. The summed E-state index contributed by atoms with van der Waals surface area (Å²) in [6.45, 7) is 7.34. The van der Waals surface area contributed by atoms with Crippen LogP contribution in [0.3, 0.4) is 0 Å². The van der Waals surface area contributed by atoms with E-state index >= 15 is 0 Å². The average molecular weight is 354 g/mol. The summed E-state index contributed by atoms with van der Waals surface area (Å²) in [7, 11) is 0. The number of nitrogens with two attached hydrogens (primary N) is 2. The number of aromatic nitrogens is 2. The standard InChI is InChI=1S/C19H26N6O/c1-13(2)14(11-20)9-18(21)24-19-4-3-16-17(23-19)10-15(12-22-16)25-5-7-26-8-6-25/h3-4,9-13H,5-8,20-21H2,1-2H3,(H,23,24)/b14-11+,18-9+. The summed E-state index contributed by atoms with van der Waals surface area (Å²) in [6.07, 6.45) is 5.29. The lowest BCUT2D eigenvalue weighted by molar-refractivity contribution is 0.122. The Morgan fingerprint density at radius 3 is 2.73 bits per heavy atom. The van der Waals surface area contributed by atoms with E-state index in [2.05, 4.69) is 40.1 Å². The van der Waals surface area contributed by atoms with E-state index < -0.39 is 0 Å². The van der Waals surface area contributed by atoms with Crippen molar-refractivity contribution in [1.29, 1.82) is 0 Å². The lowest BCUT2D eigenvalue weighted by Crippen LogP contribution is -2.36. The van der Waals surface area contributed by atoms with E-state index in [0.717, 1.165) is 48.6 Å². The zero-order valence-corrected chi connectivity index (χ0v) is 15.3. The van der Waals surface area contributed by atoms with Gasteiger partial charge in [0.05, 0.1) is 36.1 Å². The van der Waals surface area contributed by atoms with Crippen LogP contribution in [0.25, 0.3) is 11.0 Å². The second-order valence-electron chi connectivity index (χ2n) is 6.57. The third-order valence-electron chi connectivity index (χ3n) is 4.35. The lowest BCUT2D eigenvalue weighted by Gasteiger charge is -2.28. The maximum absolute atomic E-state index is 6.09. The van der Waals surface area contributed by atoms with Crippen LogP contribution in [0, 0.1) is 5.92 Å². The highest BCUT2D eigenvalue weighted by atomic mass is 16.5. The van der Waals surface area contributed by atoms with Crippen LogP contribution in [-0.4, -0.2) is 36.3 Å². The molecule has 138 valence electrons. The zero-order chi connectivity index (χ0) is 18.5. The van der Waals surface area contributed by atoms with Gasteiger partial charge >= 0.3 is 0 Å². The molecular formula is C19H26N6O. The van der Waals surface area contributed by atoms with Crippen LogP contribution in [0.2, 0.25) is 0 Å². The molecule has 0 bridgehead atoms. The van der Waals surface area contributed by atoms with Crippen molar-refractivity contribution in [2.24, 2.45) is 17.4 Å². The second kappa shape index (κ2) is 8.05. The number of nitrogens with one attached hydrogen (secondary N) is 1. The molecule has 0 unspecified atom stereocenters. The van der Waals surface area contributed by atoms with Gasteiger partial charge in [-0.2, -0.15) is 0 Å². The first-order valence-electron chi connectivity index (χ1n) is 8.82. The number of morpholine rings is 1. The number of pyridine rings is 2. The molecule has 7 heteroatoms. The third kappa shape index (κ3) is 4.23. The lowest BCUT2D eigenvalue weighted by atomic mass is 10.0. The minimum atomic E-state index is 0.296. The molecule has 7 nitrogen and oxygen atoms in total. The highest BCUT2D eigenvalue weighted by Crippen LogP contribution is 2.21. The molecule has 0 amide bonds. The first-order valence-corrected chi connectivity index (χ1v) is 8.82. The van der Waals surface area contributed by atoms with E-state index in [1.54, 1.807) is 6.20 Å². The van der Waals surface area contributed by atoms with Crippen molar-refractivity contribution in [2.75, 3.05) is 36.5 Å². The molecule has 0 aromatic carbocycles. The number of rotatable bonds is 5. The molecule has 0 radical (unpaired) electrons. The number of allylic oxidation sites excluding steroid dienone is 2. The fourth-order valence-electron chi connectivity index (χ4n) is 2.83. The van der Waals surface area contributed by atoms with Crippen LogP contribution in [0.5, 0.6) is 0 Å². The molecule has 1 saturated heterocycles. The Morgan fingerprint density at radius 2 is 2.04 bits per heavy atom. The molecule has 0 saturated carbocycles. The van der Waals surface area contributed by atoms with Crippen molar-refractivity contribution < 1.29 is 4.74 Å². The molecule has 3 heterocycles. The van der Waals surface area contributed by atoms with E-state index in [1.807, 2.05) is 24.4 Å². The zero-order valence-electron chi connectivity index (χ0n) is 15.3. The summed E-state index contributed by atoms with van der Waals surface area (Å²) in [5, 5.41) is 3.12. The van der Waals surface area contributed by atoms with E-state index in [4.69, 9.17) is 16.2 Å². The van der Waals surface area contributed by atoms with Crippen LogP contribution >= 0.6 is 0 Å². The van der Waals surface area contributed by atoms with Gasteiger partial charge in [-0.25, -0.2) is 4.98 Å². The van der Waals surface area contributed by atoms with Gasteiger partial charge < -0.3 is 26.4 Å². The van der Waals surface area contributed by atoms with Gasteiger partial charge in [0.25, 0.3) is 0 Å². The SMILES string of the molecule is CC(C)C(=C/N)/C=C(\N)Nc1ccc2ncc(N3CCOCC3)cc2n1. The third-order valence-corrected chi connectivity index (χ3v) is 4.35. The van der Waals surface area contributed by atoms with E-state index in [0.29, 0.717) is 17.6 Å². The average Bonchev–Trinajstić information content (AvgIpc) is 2.66. The highest BCUT2D eigenvalue weighted by Gasteiger charge is 2.12. The maximum atomic E-state index is 6.09. The molecule has 0 aliphatic carbocycles. The summed E-state index contributed by atoms with van der Waals surface area (Å²) in [6, 6.07) is 5.85. The molecule has 5 N–H and O–H groups in total. The smallest absolute Gasteiger partial charge is 0.132 e. The van der Waals surface area contributed by atoms with Gasteiger partial charge in [0.15, 0.2) is 0 Å². The van der Waals surface area contributed by atoms with Crippen LogP contribution in [0.15, 0.2) is 48.1 Å². The van der Waals surface area contributed by atoms with Gasteiger partial charge in [-0.3, -0.25) is 4.98 Å². The topological polar surface area (TPSA) is 102 Å². The van der Waals surface area contributed by atoms with Crippen LogP contribution < -0.4 is 21.7 Å². The Balaban J connectivity index is 1.82. The predicted octanol–water partition coefficient (Wildman–Crippen LogP) is 2.18.